The molecular formula is C12H26N4O. The molecule has 3 N–H and O–H groups in total. The fraction of sp³-hybridized carbons (Fsp3) is 0.917. The van der Waals surface area contributed by atoms with E-state index >= 15 is 0 Å². The van der Waals surface area contributed by atoms with Gasteiger partial charge in [0, 0.05) is 38.1 Å². The predicted octanol–water partition coefficient (Wildman–Crippen LogP) is 0.173. The fourth-order valence-corrected chi connectivity index (χ4v) is 2.18. The Labute approximate surface area is 104 Å². The molecule has 100 valence electrons. The van der Waals surface area contributed by atoms with Gasteiger partial charge in [-0.2, -0.15) is 0 Å². The molecule has 17 heavy (non-hydrogen) atoms. The molecule has 5 nitrogen and oxygen atoms in total. The van der Waals surface area contributed by atoms with Gasteiger partial charge in [-0.3, -0.25) is 15.1 Å². The molecule has 1 aliphatic heterocycles. The van der Waals surface area contributed by atoms with Crippen molar-refractivity contribution in [3.05, 3.63) is 0 Å². The second-order valence-electron chi connectivity index (χ2n) is 5.67. The van der Waals surface area contributed by atoms with Gasteiger partial charge in [0.2, 0.25) is 5.91 Å². The van der Waals surface area contributed by atoms with Crippen molar-refractivity contribution in [3.8, 4) is 0 Å². The monoisotopic (exact) mass is 242 g/mol. The number of nitrogens with two attached hydrogens (primary N) is 1. The SMILES string of the molecule is CC(C)(C)N1CCN(CCCC(=O)NN)CC1. The number of carbonyl (C=O) groups excluding carboxylic acids is 1. The van der Waals surface area contributed by atoms with Gasteiger partial charge in [-0.05, 0) is 33.7 Å². The van der Waals surface area contributed by atoms with Gasteiger partial charge in [-0.25, -0.2) is 5.84 Å². The molecule has 1 heterocycles. The van der Waals surface area contributed by atoms with Crippen LogP contribution in [0.5, 0.6) is 0 Å². The highest BCUT2D eigenvalue weighted by Crippen LogP contribution is 2.15. The number of nitrogens with one attached hydrogen (secondary N) is 1. The fourth-order valence-electron chi connectivity index (χ4n) is 2.18. The van der Waals surface area contributed by atoms with E-state index in [0.717, 1.165) is 39.1 Å². The van der Waals surface area contributed by atoms with Crippen LogP contribution in [-0.2, 0) is 4.79 Å². The third kappa shape index (κ3) is 5.02. The van der Waals surface area contributed by atoms with Crippen LogP contribution in [0.3, 0.4) is 0 Å². The first-order valence-electron chi connectivity index (χ1n) is 6.40. The smallest absolute Gasteiger partial charge is 0.233 e. The van der Waals surface area contributed by atoms with Crippen molar-refractivity contribution in [1.29, 1.82) is 0 Å². The van der Waals surface area contributed by atoms with Crippen LogP contribution in [-0.4, -0.2) is 54.0 Å². The molecule has 0 atom stereocenters. The van der Waals surface area contributed by atoms with Gasteiger partial charge < -0.3 is 4.90 Å². The summed E-state index contributed by atoms with van der Waals surface area (Å²) < 4.78 is 0. The normalized spacial score (nSPS) is 19.3. The van der Waals surface area contributed by atoms with Crippen LogP contribution in [0, 0.1) is 0 Å². The molecule has 0 aromatic heterocycles. The Morgan fingerprint density at radius 3 is 2.29 bits per heavy atom. The Hall–Kier alpha value is -0.650. The third-order valence-electron chi connectivity index (χ3n) is 3.36. The highest BCUT2D eigenvalue weighted by Gasteiger charge is 2.25. The zero-order valence-corrected chi connectivity index (χ0v) is 11.3. The van der Waals surface area contributed by atoms with Gasteiger partial charge in [0.25, 0.3) is 0 Å². The minimum atomic E-state index is -0.0710. The molecule has 0 aromatic rings. The average Bonchev–Trinajstić information content (AvgIpc) is 2.28. The van der Waals surface area contributed by atoms with Crippen molar-refractivity contribution in [1.82, 2.24) is 15.2 Å². The highest BCUT2D eigenvalue weighted by atomic mass is 16.2. The van der Waals surface area contributed by atoms with Crippen LogP contribution in [0.15, 0.2) is 0 Å². The number of rotatable bonds is 4. The molecule has 0 aliphatic carbocycles. The summed E-state index contributed by atoms with van der Waals surface area (Å²) in [6, 6.07) is 0. The van der Waals surface area contributed by atoms with Crippen LogP contribution in [0.25, 0.3) is 0 Å². The minimum Gasteiger partial charge on any atom is -0.301 e. The molecule has 1 fully saturated rings. The number of nitrogens with zero attached hydrogens (tertiary/aromatic N) is 2. The molecule has 0 saturated carbocycles. The molecule has 0 aromatic carbocycles. The summed E-state index contributed by atoms with van der Waals surface area (Å²) >= 11 is 0. The maximum atomic E-state index is 11.0. The summed E-state index contributed by atoms with van der Waals surface area (Å²) in [5, 5.41) is 0. The summed E-state index contributed by atoms with van der Waals surface area (Å²) in [5.41, 5.74) is 2.43. The van der Waals surface area contributed by atoms with Crippen molar-refractivity contribution >= 4 is 5.91 Å². The second kappa shape index (κ2) is 6.33. The van der Waals surface area contributed by atoms with Gasteiger partial charge in [0.1, 0.15) is 0 Å². The van der Waals surface area contributed by atoms with E-state index in [0.29, 0.717) is 6.42 Å². The minimum absolute atomic E-state index is 0.0710. The molecule has 1 saturated heterocycles. The molecule has 1 aliphatic rings. The number of hydrazine groups is 1. The molecular weight excluding hydrogens is 216 g/mol. The molecule has 0 bridgehead atoms. The largest absolute Gasteiger partial charge is 0.301 e. The van der Waals surface area contributed by atoms with Gasteiger partial charge >= 0.3 is 0 Å². The van der Waals surface area contributed by atoms with Crippen molar-refractivity contribution in [2.75, 3.05) is 32.7 Å². The first-order valence-corrected chi connectivity index (χ1v) is 6.40. The molecule has 0 spiro atoms. The van der Waals surface area contributed by atoms with E-state index in [4.69, 9.17) is 5.84 Å². The van der Waals surface area contributed by atoms with Crippen molar-refractivity contribution in [2.45, 2.75) is 39.2 Å². The Morgan fingerprint density at radius 2 is 1.82 bits per heavy atom. The molecule has 0 radical (unpaired) electrons. The second-order valence-corrected chi connectivity index (χ2v) is 5.67. The lowest BCUT2D eigenvalue weighted by Crippen LogP contribution is -2.53. The van der Waals surface area contributed by atoms with E-state index in [9.17, 15) is 4.79 Å². The molecule has 1 amide bonds. The summed E-state index contributed by atoms with van der Waals surface area (Å²) in [6.07, 6.45) is 1.41. The van der Waals surface area contributed by atoms with Gasteiger partial charge in [0.05, 0.1) is 0 Å². The van der Waals surface area contributed by atoms with Crippen LogP contribution < -0.4 is 11.3 Å². The van der Waals surface area contributed by atoms with Crippen LogP contribution in [0.4, 0.5) is 0 Å². The maximum Gasteiger partial charge on any atom is 0.233 e. The van der Waals surface area contributed by atoms with Crippen LogP contribution >= 0.6 is 0 Å². The summed E-state index contributed by atoms with van der Waals surface area (Å²) in [7, 11) is 0. The van der Waals surface area contributed by atoms with E-state index in [1.807, 2.05) is 0 Å². The summed E-state index contributed by atoms with van der Waals surface area (Å²) in [4.78, 5) is 15.9. The highest BCUT2D eigenvalue weighted by molar-refractivity contribution is 5.75. The Bertz CT molecular complexity index is 241. The number of hydrogen-bond acceptors (Lipinski definition) is 4. The Kier molecular flexibility index (Phi) is 5.36. The van der Waals surface area contributed by atoms with Gasteiger partial charge in [0.15, 0.2) is 0 Å². The summed E-state index contributed by atoms with van der Waals surface area (Å²) in [5.74, 6) is 4.97. The topological polar surface area (TPSA) is 61.6 Å². The van der Waals surface area contributed by atoms with Crippen LogP contribution in [0.1, 0.15) is 33.6 Å². The van der Waals surface area contributed by atoms with E-state index in [2.05, 4.69) is 36.0 Å². The number of amides is 1. The van der Waals surface area contributed by atoms with Gasteiger partial charge in [-0.15, -0.1) is 0 Å². The van der Waals surface area contributed by atoms with E-state index in [1.165, 1.54) is 0 Å². The number of hydrogen-bond donors (Lipinski definition) is 2. The first-order chi connectivity index (χ1) is 7.93. The first kappa shape index (κ1) is 14.4. The van der Waals surface area contributed by atoms with Gasteiger partial charge in [-0.1, -0.05) is 0 Å². The Balaban J connectivity index is 2.17. The van der Waals surface area contributed by atoms with Crippen molar-refractivity contribution < 1.29 is 4.79 Å². The van der Waals surface area contributed by atoms with Crippen molar-refractivity contribution in [2.24, 2.45) is 5.84 Å². The quantitative estimate of drug-likeness (QED) is 0.419. The average molecular weight is 242 g/mol. The predicted molar refractivity (Wildman–Crippen MR) is 69.3 cm³/mol. The summed E-state index contributed by atoms with van der Waals surface area (Å²) in [6.45, 7) is 12.2. The van der Waals surface area contributed by atoms with E-state index in [-0.39, 0.29) is 11.4 Å². The number of carbonyl (C=O) groups is 1. The Morgan fingerprint density at radius 1 is 1.24 bits per heavy atom. The standard InChI is InChI=1S/C12H26N4O/c1-12(2,3)16-9-7-15(8-10-16)6-4-5-11(17)14-13/h4-10,13H2,1-3H3,(H,14,17). The number of piperazine rings is 1. The lowest BCUT2D eigenvalue weighted by molar-refractivity contribution is -0.121. The van der Waals surface area contributed by atoms with E-state index < -0.39 is 0 Å². The zero-order chi connectivity index (χ0) is 12.9. The lowest BCUT2D eigenvalue weighted by atomic mass is 10.0. The zero-order valence-electron chi connectivity index (χ0n) is 11.3. The molecule has 5 heteroatoms. The van der Waals surface area contributed by atoms with Crippen molar-refractivity contribution in [3.63, 3.8) is 0 Å². The maximum absolute atomic E-state index is 11.0. The molecule has 0 unspecified atom stereocenters. The lowest BCUT2D eigenvalue weighted by Gasteiger charge is -2.42. The van der Waals surface area contributed by atoms with E-state index in [1.54, 1.807) is 0 Å². The van der Waals surface area contributed by atoms with Crippen LogP contribution in [0.2, 0.25) is 0 Å². The molecule has 1 rings (SSSR count). The third-order valence-corrected chi connectivity index (χ3v) is 3.36.